The Morgan fingerprint density at radius 3 is 2.65 bits per heavy atom. The van der Waals surface area contributed by atoms with Gasteiger partial charge in [-0.1, -0.05) is 29.4 Å². The summed E-state index contributed by atoms with van der Waals surface area (Å²) in [5.41, 5.74) is 2.64. The van der Waals surface area contributed by atoms with Gasteiger partial charge in [0.1, 0.15) is 0 Å². The summed E-state index contributed by atoms with van der Waals surface area (Å²) in [5, 5.41) is 12.6. The second-order valence-corrected chi connectivity index (χ2v) is 9.26. The Hall–Kier alpha value is -3.56. The molecule has 172 valence electrons. The van der Waals surface area contributed by atoms with E-state index in [1.807, 2.05) is 66.1 Å². The molecule has 0 fully saturated rings. The van der Waals surface area contributed by atoms with Gasteiger partial charge in [-0.3, -0.25) is 14.3 Å². The first kappa shape index (κ1) is 22.2. The topological polar surface area (TPSA) is 91.2 Å². The minimum atomic E-state index is -0.408. The Balaban J connectivity index is 1.34. The van der Waals surface area contributed by atoms with Gasteiger partial charge < -0.3 is 14.8 Å². The van der Waals surface area contributed by atoms with Crippen LogP contribution in [-0.2, 0) is 11.3 Å². The van der Waals surface area contributed by atoms with Crippen LogP contribution in [0.3, 0.4) is 0 Å². The lowest BCUT2D eigenvalue weighted by Crippen LogP contribution is -2.30. The second kappa shape index (κ2) is 9.74. The van der Waals surface area contributed by atoms with Gasteiger partial charge in [0.25, 0.3) is 0 Å². The molecule has 8 nitrogen and oxygen atoms in total. The third-order valence-corrected chi connectivity index (χ3v) is 6.51. The average molecular weight is 494 g/mol. The third kappa shape index (κ3) is 4.71. The molecular formula is C24H20ClN5O3S. The minimum absolute atomic E-state index is 0.112. The maximum absolute atomic E-state index is 12.9. The molecule has 1 aliphatic heterocycles. The summed E-state index contributed by atoms with van der Waals surface area (Å²) >= 11 is 7.42. The fourth-order valence-corrected chi connectivity index (χ4v) is 4.47. The standard InChI is InChI=1S/C24H20ClN5O3S/c1-15(23(31)27-13-16-2-7-20-21(12-16)33-14-32-20)34-24-29-28-22(17-8-10-26-11-9-17)30(24)19-5-3-18(25)4-6-19/h2-12,15H,13-14H2,1H3,(H,27,31)/t15-/m0/s1. The zero-order chi connectivity index (χ0) is 23.5. The Bertz CT molecular complexity index is 1310. The zero-order valence-electron chi connectivity index (χ0n) is 18.1. The van der Waals surface area contributed by atoms with Crippen molar-refractivity contribution in [1.82, 2.24) is 25.1 Å². The molecule has 5 rings (SSSR count). The largest absolute Gasteiger partial charge is 0.454 e. The Morgan fingerprint density at radius 1 is 1.09 bits per heavy atom. The van der Waals surface area contributed by atoms with Crippen molar-refractivity contribution in [3.63, 3.8) is 0 Å². The first-order valence-corrected chi connectivity index (χ1v) is 11.8. The number of fused-ring (bicyclic) bond motifs is 1. The number of aromatic nitrogens is 4. The van der Waals surface area contributed by atoms with Crippen molar-refractivity contribution in [3.05, 3.63) is 77.6 Å². The fraction of sp³-hybridized carbons (Fsp3) is 0.167. The van der Waals surface area contributed by atoms with Crippen LogP contribution in [0.15, 0.2) is 72.1 Å². The Morgan fingerprint density at radius 2 is 1.85 bits per heavy atom. The van der Waals surface area contributed by atoms with E-state index in [-0.39, 0.29) is 12.7 Å². The van der Waals surface area contributed by atoms with Gasteiger partial charge in [-0.15, -0.1) is 10.2 Å². The van der Waals surface area contributed by atoms with E-state index in [9.17, 15) is 4.79 Å². The van der Waals surface area contributed by atoms with Crippen LogP contribution in [0.2, 0.25) is 5.02 Å². The third-order valence-electron chi connectivity index (χ3n) is 5.21. The predicted molar refractivity (Wildman–Crippen MR) is 129 cm³/mol. The van der Waals surface area contributed by atoms with E-state index in [0.29, 0.717) is 34.0 Å². The number of benzene rings is 2. The molecule has 2 aromatic heterocycles. The first-order valence-electron chi connectivity index (χ1n) is 10.5. The molecule has 0 saturated heterocycles. The summed E-state index contributed by atoms with van der Waals surface area (Å²) in [6.45, 7) is 2.44. The molecule has 1 atom stereocenters. The van der Waals surface area contributed by atoms with E-state index in [1.54, 1.807) is 12.4 Å². The fourth-order valence-electron chi connectivity index (χ4n) is 3.45. The van der Waals surface area contributed by atoms with Gasteiger partial charge in [0.2, 0.25) is 12.7 Å². The number of ether oxygens (including phenoxy) is 2. The van der Waals surface area contributed by atoms with Gasteiger partial charge in [0.15, 0.2) is 22.5 Å². The van der Waals surface area contributed by atoms with Gasteiger partial charge in [0.05, 0.1) is 5.25 Å². The Kier molecular flexibility index (Phi) is 6.37. The van der Waals surface area contributed by atoms with Crippen molar-refractivity contribution < 1.29 is 14.3 Å². The molecule has 0 spiro atoms. The molecule has 2 aromatic carbocycles. The van der Waals surface area contributed by atoms with Crippen molar-refractivity contribution in [2.75, 3.05) is 6.79 Å². The van der Waals surface area contributed by atoms with Crippen molar-refractivity contribution in [2.24, 2.45) is 0 Å². The van der Waals surface area contributed by atoms with Gasteiger partial charge in [0, 0.05) is 35.2 Å². The van der Waals surface area contributed by atoms with Crippen LogP contribution in [0, 0.1) is 0 Å². The highest BCUT2D eigenvalue weighted by molar-refractivity contribution is 8.00. The molecule has 1 N–H and O–H groups in total. The summed E-state index contributed by atoms with van der Waals surface area (Å²) in [5.74, 6) is 1.94. The number of thioether (sulfide) groups is 1. The van der Waals surface area contributed by atoms with Crippen LogP contribution in [0.1, 0.15) is 12.5 Å². The number of nitrogens with zero attached hydrogens (tertiary/aromatic N) is 4. The van der Waals surface area contributed by atoms with Crippen LogP contribution in [-0.4, -0.2) is 37.7 Å². The van der Waals surface area contributed by atoms with Crippen molar-refractivity contribution in [2.45, 2.75) is 23.9 Å². The number of pyridine rings is 1. The molecule has 3 heterocycles. The summed E-state index contributed by atoms with van der Waals surface area (Å²) < 4.78 is 12.7. The van der Waals surface area contributed by atoms with Crippen LogP contribution >= 0.6 is 23.4 Å². The predicted octanol–water partition coefficient (Wildman–Crippen LogP) is 4.51. The lowest BCUT2D eigenvalue weighted by Gasteiger charge is -2.14. The first-order chi connectivity index (χ1) is 16.6. The minimum Gasteiger partial charge on any atom is -0.454 e. The molecule has 0 radical (unpaired) electrons. The molecular weight excluding hydrogens is 474 g/mol. The number of halogens is 1. The van der Waals surface area contributed by atoms with E-state index in [1.165, 1.54) is 11.8 Å². The number of amides is 1. The van der Waals surface area contributed by atoms with Gasteiger partial charge in [-0.25, -0.2) is 0 Å². The number of carbonyl (C=O) groups excluding carboxylic acids is 1. The van der Waals surface area contributed by atoms with E-state index < -0.39 is 5.25 Å². The van der Waals surface area contributed by atoms with Gasteiger partial charge >= 0.3 is 0 Å². The molecule has 1 amide bonds. The van der Waals surface area contributed by atoms with Gasteiger partial charge in [-0.05, 0) is 61.0 Å². The maximum atomic E-state index is 12.9. The monoisotopic (exact) mass is 493 g/mol. The number of hydrogen-bond donors (Lipinski definition) is 1. The highest BCUT2D eigenvalue weighted by atomic mass is 35.5. The summed E-state index contributed by atoms with van der Waals surface area (Å²) in [6, 6.07) is 16.8. The zero-order valence-corrected chi connectivity index (χ0v) is 19.7. The number of nitrogens with one attached hydrogen (secondary N) is 1. The normalized spacial score (nSPS) is 13.0. The quantitative estimate of drug-likeness (QED) is 0.379. The van der Waals surface area contributed by atoms with Crippen molar-refractivity contribution in [1.29, 1.82) is 0 Å². The molecule has 10 heteroatoms. The van der Waals surface area contributed by atoms with Crippen LogP contribution in [0.25, 0.3) is 17.1 Å². The van der Waals surface area contributed by atoms with E-state index >= 15 is 0 Å². The molecule has 0 bridgehead atoms. The van der Waals surface area contributed by atoms with E-state index in [0.717, 1.165) is 16.8 Å². The van der Waals surface area contributed by atoms with Crippen LogP contribution in [0.4, 0.5) is 0 Å². The van der Waals surface area contributed by atoms with E-state index in [2.05, 4.69) is 20.5 Å². The van der Waals surface area contributed by atoms with Crippen LogP contribution < -0.4 is 14.8 Å². The highest BCUT2D eigenvalue weighted by Gasteiger charge is 2.22. The van der Waals surface area contributed by atoms with Gasteiger partial charge in [-0.2, -0.15) is 0 Å². The molecule has 0 aliphatic carbocycles. The number of hydrogen-bond acceptors (Lipinski definition) is 7. The summed E-state index contributed by atoms with van der Waals surface area (Å²) in [7, 11) is 0. The number of rotatable bonds is 7. The Labute approximate surface area is 205 Å². The lowest BCUT2D eigenvalue weighted by atomic mass is 10.2. The maximum Gasteiger partial charge on any atom is 0.233 e. The lowest BCUT2D eigenvalue weighted by molar-refractivity contribution is -0.120. The SMILES string of the molecule is C[C@H](Sc1nnc(-c2ccncc2)n1-c1ccc(Cl)cc1)C(=O)NCc1ccc2c(c1)OCO2. The summed E-state index contributed by atoms with van der Waals surface area (Å²) in [6.07, 6.45) is 3.41. The highest BCUT2D eigenvalue weighted by Crippen LogP contribution is 2.33. The van der Waals surface area contributed by atoms with Crippen molar-refractivity contribution in [3.8, 4) is 28.6 Å². The molecule has 1 aliphatic rings. The molecule has 0 unspecified atom stereocenters. The van der Waals surface area contributed by atoms with E-state index in [4.69, 9.17) is 21.1 Å². The molecule has 0 saturated carbocycles. The second-order valence-electron chi connectivity index (χ2n) is 7.52. The van der Waals surface area contributed by atoms with Crippen LogP contribution in [0.5, 0.6) is 11.5 Å². The average Bonchev–Trinajstić information content (AvgIpc) is 3.50. The smallest absolute Gasteiger partial charge is 0.233 e. The molecule has 4 aromatic rings. The van der Waals surface area contributed by atoms with Crippen molar-refractivity contribution >= 4 is 29.3 Å². The molecule has 34 heavy (non-hydrogen) atoms. The summed E-state index contributed by atoms with van der Waals surface area (Å²) in [4.78, 5) is 16.9. The number of carbonyl (C=O) groups is 1.